The lowest BCUT2D eigenvalue weighted by Crippen LogP contribution is -2.16. The van der Waals surface area contributed by atoms with E-state index in [-0.39, 0.29) is 0 Å². The van der Waals surface area contributed by atoms with Crippen molar-refractivity contribution < 1.29 is 9.90 Å². The van der Waals surface area contributed by atoms with Crippen LogP contribution in [0.25, 0.3) is 6.08 Å². The van der Waals surface area contributed by atoms with E-state index in [2.05, 4.69) is 19.2 Å². The third kappa shape index (κ3) is 7.15. The number of benzene rings is 1. The van der Waals surface area contributed by atoms with Crippen LogP contribution < -0.4 is 5.11 Å². The van der Waals surface area contributed by atoms with Crippen molar-refractivity contribution in [1.82, 2.24) is 0 Å². The molecule has 1 rings (SSSR count). The highest BCUT2D eigenvalue weighted by atomic mass is 32.1. The molecule has 1 aromatic carbocycles. The Kier molecular flexibility index (Phi) is 5.72. The number of hydrogen-bond donors (Lipinski definition) is 1. The van der Waals surface area contributed by atoms with Gasteiger partial charge < -0.3 is 9.90 Å². The zero-order chi connectivity index (χ0) is 10.3. The number of rotatable bonds is 1. The van der Waals surface area contributed by atoms with Crippen LogP contribution >= 0.6 is 12.6 Å². The van der Waals surface area contributed by atoms with Crippen LogP contribution in [0, 0.1) is 0 Å². The predicted octanol–water partition coefficient (Wildman–Crippen LogP) is 1.37. The van der Waals surface area contributed by atoms with Crippen molar-refractivity contribution in [2.45, 2.75) is 11.8 Å². The van der Waals surface area contributed by atoms with Crippen molar-refractivity contribution in [3.05, 3.63) is 36.4 Å². The van der Waals surface area contributed by atoms with Crippen LogP contribution in [0.4, 0.5) is 0 Å². The van der Waals surface area contributed by atoms with Gasteiger partial charge in [-0.3, -0.25) is 0 Å². The van der Waals surface area contributed by atoms with Crippen molar-refractivity contribution in [2.24, 2.45) is 0 Å². The van der Waals surface area contributed by atoms with Gasteiger partial charge in [-0.15, -0.1) is 12.6 Å². The highest BCUT2D eigenvalue weighted by Gasteiger charge is 1.82. The molecule has 0 amide bonds. The summed E-state index contributed by atoms with van der Waals surface area (Å²) in [7, 11) is 0. The molecule has 0 N–H and O–H groups in total. The standard InChI is InChI=1S/C8H8S.C2H4O2/c1-2-7-3-5-8(9)6-4-7;1-2(3)4/h2-6,9H,1H2;1H3,(H,3,4)/p-1. The Labute approximate surface area is 83.3 Å². The molecule has 0 aliphatic rings. The Morgan fingerprint density at radius 3 is 2.15 bits per heavy atom. The minimum absolute atomic E-state index is 0.972. The molecular weight excluding hydrogens is 184 g/mol. The average Bonchev–Trinajstić information content (AvgIpc) is 2.05. The first-order chi connectivity index (χ1) is 6.06. The molecule has 0 aromatic heterocycles. The van der Waals surface area contributed by atoms with Crippen LogP contribution in [0.15, 0.2) is 35.7 Å². The fourth-order valence-corrected chi connectivity index (χ4v) is 0.759. The lowest BCUT2D eigenvalue weighted by molar-refractivity contribution is -0.302. The zero-order valence-corrected chi connectivity index (χ0v) is 8.25. The van der Waals surface area contributed by atoms with Crippen molar-refractivity contribution in [3.63, 3.8) is 0 Å². The fraction of sp³-hybridized carbons (Fsp3) is 0.100. The Balaban J connectivity index is 0.000000310. The van der Waals surface area contributed by atoms with Gasteiger partial charge in [0, 0.05) is 10.9 Å². The van der Waals surface area contributed by atoms with Crippen LogP contribution in [-0.2, 0) is 4.79 Å². The first kappa shape index (κ1) is 11.8. The van der Waals surface area contributed by atoms with E-state index < -0.39 is 5.97 Å². The van der Waals surface area contributed by atoms with E-state index >= 15 is 0 Å². The van der Waals surface area contributed by atoms with Gasteiger partial charge in [0.2, 0.25) is 0 Å². The van der Waals surface area contributed by atoms with E-state index in [9.17, 15) is 0 Å². The molecule has 0 aliphatic carbocycles. The number of carbonyl (C=O) groups is 1. The maximum absolute atomic E-state index is 8.89. The quantitative estimate of drug-likeness (QED) is 0.688. The summed E-state index contributed by atoms with van der Waals surface area (Å²) in [6, 6.07) is 7.85. The molecule has 70 valence electrons. The van der Waals surface area contributed by atoms with Gasteiger partial charge in [-0.25, -0.2) is 0 Å². The highest BCUT2D eigenvalue weighted by Crippen LogP contribution is 2.07. The normalized spacial score (nSPS) is 8.15. The van der Waals surface area contributed by atoms with Gasteiger partial charge in [0.15, 0.2) is 0 Å². The van der Waals surface area contributed by atoms with Crippen LogP contribution in [0.2, 0.25) is 0 Å². The van der Waals surface area contributed by atoms with E-state index in [4.69, 9.17) is 9.90 Å². The van der Waals surface area contributed by atoms with Crippen LogP contribution in [-0.4, -0.2) is 5.97 Å². The first-order valence-electron chi connectivity index (χ1n) is 3.65. The minimum Gasteiger partial charge on any atom is -0.550 e. The maximum Gasteiger partial charge on any atom is 0.0383 e. The summed E-state index contributed by atoms with van der Waals surface area (Å²) in [4.78, 5) is 9.88. The molecule has 0 radical (unpaired) electrons. The molecule has 3 heteroatoms. The number of aliphatic carboxylic acids is 1. The number of hydrogen-bond acceptors (Lipinski definition) is 3. The van der Waals surface area contributed by atoms with Gasteiger partial charge in [-0.1, -0.05) is 24.8 Å². The van der Waals surface area contributed by atoms with Gasteiger partial charge in [0.05, 0.1) is 0 Å². The third-order valence-corrected chi connectivity index (χ3v) is 1.43. The molecule has 0 spiro atoms. The summed E-state index contributed by atoms with van der Waals surface area (Å²) in [6.45, 7) is 4.61. The molecule has 1 aromatic rings. The minimum atomic E-state index is -1.08. The van der Waals surface area contributed by atoms with Gasteiger partial charge >= 0.3 is 0 Å². The predicted molar refractivity (Wildman–Crippen MR) is 54.5 cm³/mol. The SMILES string of the molecule is C=Cc1ccc(S)cc1.CC(=O)[O-]. The Morgan fingerprint density at radius 1 is 1.46 bits per heavy atom. The summed E-state index contributed by atoms with van der Waals surface area (Å²) < 4.78 is 0. The molecule has 0 heterocycles. The summed E-state index contributed by atoms with van der Waals surface area (Å²) in [5, 5.41) is 8.89. The first-order valence-corrected chi connectivity index (χ1v) is 4.10. The van der Waals surface area contributed by atoms with Crippen molar-refractivity contribution in [1.29, 1.82) is 0 Å². The fourth-order valence-electron chi connectivity index (χ4n) is 0.610. The molecule has 0 saturated heterocycles. The summed E-state index contributed by atoms with van der Waals surface area (Å²) >= 11 is 4.14. The van der Waals surface area contributed by atoms with E-state index in [1.54, 1.807) is 0 Å². The van der Waals surface area contributed by atoms with E-state index in [1.165, 1.54) is 0 Å². The van der Waals surface area contributed by atoms with Crippen LogP contribution in [0.1, 0.15) is 12.5 Å². The van der Waals surface area contributed by atoms with E-state index in [1.807, 2.05) is 30.3 Å². The van der Waals surface area contributed by atoms with E-state index in [0.29, 0.717) is 0 Å². The molecule has 0 fully saturated rings. The highest BCUT2D eigenvalue weighted by molar-refractivity contribution is 7.80. The second-order valence-corrected chi connectivity index (χ2v) is 2.80. The second-order valence-electron chi connectivity index (χ2n) is 2.29. The summed E-state index contributed by atoms with van der Waals surface area (Å²) in [6.07, 6.45) is 1.81. The van der Waals surface area contributed by atoms with Crippen molar-refractivity contribution >= 4 is 24.7 Å². The number of thiol groups is 1. The molecular formula is C10H11O2S-. The van der Waals surface area contributed by atoms with Gasteiger partial charge in [0.1, 0.15) is 0 Å². The van der Waals surface area contributed by atoms with Crippen molar-refractivity contribution in [2.75, 3.05) is 0 Å². The number of carbonyl (C=O) groups excluding carboxylic acids is 1. The molecule has 0 bridgehead atoms. The van der Waals surface area contributed by atoms with E-state index in [0.717, 1.165) is 17.4 Å². The number of carboxylic acid groups (broad SMARTS) is 1. The molecule has 0 atom stereocenters. The number of carboxylic acids is 1. The zero-order valence-electron chi connectivity index (χ0n) is 7.36. The molecule has 0 aliphatic heterocycles. The van der Waals surface area contributed by atoms with Gasteiger partial charge in [-0.2, -0.15) is 0 Å². The molecule has 0 saturated carbocycles. The average molecular weight is 195 g/mol. The van der Waals surface area contributed by atoms with Gasteiger partial charge in [0.25, 0.3) is 0 Å². The lowest BCUT2D eigenvalue weighted by Gasteiger charge is -1.90. The topological polar surface area (TPSA) is 40.1 Å². The van der Waals surface area contributed by atoms with Crippen molar-refractivity contribution in [3.8, 4) is 0 Å². The smallest absolute Gasteiger partial charge is 0.0383 e. The second kappa shape index (κ2) is 6.31. The molecule has 2 nitrogen and oxygen atoms in total. The Morgan fingerprint density at radius 2 is 1.85 bits per heavy atom. The Bertz CT molecular complexity index is 273. The third-order valence-electron chi connectivity index (χ3n) is 1.13. The van der Waals surface area contributed by atoms with Gasteiger partial charge in [-0.05, 0) is 24.6 Å². The largest absolute Gasteiger partial charge is 0.550 e. The van der Waals surface area contributed by atoms with Crippen LogP contribution in [0.5, 0.6) is 0 Å². The summed E-state index contributed by atoms with van der Waals surface area (Å²) in [5.41, 5.74) is 1.13. The molecule has 0 unspecified atom stereocenters. The summed E-state index contributed by atoms with van der Waals surface area (Å²) in [5.74, 6) is -1.08. The monoisotopic (exact) mass is 195 g/mol. The lowest BCUT2D eigenvalue weighted by atomic mass is 10.2. The maximum atomic E-state index is 8.89. The molecule has 13 heavy (non-hydrogen) atoms. The Hall–Kier alpha value is -1.22. The van der Waals surface area contributed by atoms with Crippen LogP contribution in [0.3, 0.4) is 0 Å².